The van der Waals surface area contributed by atoms with Crippen LogP contribution in [0.2, 0.25) is 0 Å². The minimum Gasteiger partial charge on any atom is -0.490 e. The van der Waals surface area contributed by atoms with E-state index in [1.165, 1.54) is 12.1 Å². The van der Waals surface area contributed by atoms with Gasteiger partial charge in [0.25, 0.3) is 0 Å². The standard InChI is InChI=1S/C23H23FN4O3.HI/c1-25-23(28-18-8-9-20-21(14-18)30-12-4-11-29-20)27-15-16-5-3-10-26-22(16)31-19-7-2-6-17(24)13-19;/h2-3,5-10,13-14H,4,11-12,15H2,1H3,(H2,25,27,28);1H. The molecule has 168 valence electrons. The number of benzene rings is 2. The summed E-state index contributed by atoms with van der Waals surface area (Å²) in [5.41, 5.74) is 1.62. The van der Waals surface area contributed by atoms with Crippen LogP contribution in [-0.4, -0.2) is 31.2 Å². The Morgan fingerprint density at radius 1 is 1.09 bits per heavy atom. The zero-order valence-corrected chi connectivity index (χ0v) is 19.8. The smallest absolute Gasteiger partial charge is 0.224 e. The summed E-state index contributed by atoms with van der Waals surface area (Å²) in [6, 6.07) is 15.3. The number of rotatable bonds is 5. The first-order valence-corrected chi connectivity index (χ1v) is 9.96. The lowest BCUT2D eigenvalue weighted by Gasteiger charge is -2.15. The van der Waals surface area contributed by atoms with Crippen molar-refractivity contribution in [2.75, 3.05) is 25.6 Å². The van der Waals surface area contributed by atoms with Crippen LogP contribution in [0, 0.1) is 5.82 Å². The van der Waals surface area contributed by atoms with E-state index in [-0.39, 0.29) is 29.8 Å². The van der Waals surface area contributed by atoms with Crippen molar-refractivity contribution in [1.29, 1.82) is 0 Å². The first-order chi connectivity index (χ1) is 15.2. The van der Waals surface area contributed by atoms with Gasteiger partial charge in [-0.15, -0.1) is 24.0 Å². The normalized spacial score (nSPS) is 12.9. The van der Waals surface area contributed by atoms with E-state index in [4.69, 9.17) is 14.2 Å². The molecule has 1 aliphatic rings. The van der Waals surface area contributed by atoms with Gasteiger partial charge in [0, 0.05) is 49.6 Å². The third-order valence-corrected chi connectivity index (χ3v) is 4.54. The molecule has 1 aliphatic heterocycles. The van der Waals surface area contributed by atoms with Crippen molar-refractivity contribution in [3.8, 4) is 23.1 Å². The summed E-state index contributed by atoms with van der Waals surface area (Å²) in [6.45, 7) is 1.68. The number of guanidine groups is 1. The first kappa shape index (κ1) is 23.6. The van der Waals surface area contributed by atoms with Gasteiger partial charge in [0.05, 0.1) is 13.2 Å². The quantitative estimate of drug-likeness (QED) is 0.265. The lowest BCUT2D eigenvalue weighted by Crippen LogP contribution is -2.30. The minimum atomic E-state index is -0.368. The highest BCUT2D eigenvalue weighted by Gasteiger charge is 2.12. The molecule has 0 atom stereocenters. The summed E-state index contributed by atoms with van der Waals surface area (Å²) < 4.78 is 30.6. The second kappa shape index (κ2) is 11.5. The van der Waals surface area contributed by atoms with Crippen LogP contribution >= 0.6 is 24.0 Å². The molecule has 7 nitrogen and oxygen atoms in total. The summed E-state index contributed by atoms with van der Waals surface area (Å²) in [5, 5.41) is 6.48. The number of nitrogens with one attached hydrogen (secondary N) is 2. The number of halogens is 2. The molecule has 0 bridgehead atoms. The molecule has 0 amide bonds. The molecular weight excluding hydrogens is 526 g/mol. The molecule has 0 fully saturated rings. The predicted molar refractivity (Wildman–Crippen MR) is 132 cm³/mol. The summed E-state index contributed by atoms with van der Waals surface area (Å²) in [6.07, 6.45) is 2.48. The fourth-order valence-corrected chi connectivity index (χ4v) is 3.03. The number of pyridine rings is 1. The number of anilines is 1. The molecule has 0 spiro atoms. The number of fused-ring (bicyclic) bond motifs is 1. The van der Waals surface area contributed by atoms with E-state index in [0.717, 1.165) is 23.4 Å². The van der Waals surface area contributed by atoms with E-state index >= 15 is 0 Å². The van der Waals surface area contributed by atoms with Crippen molar-refractivity contribution >= 4 is 35.6 Å². The fourth-order valence-electron chi connectivity index (χ4n) is 3.03. The zero-order chi connectivity index (χ0) is 21.5. The van der Waals surface area contributed by atoms with Gasteiger partial charge in [0.2, 0.25) is 5.88 Å². The summed E-state index contributed by atoms with van der Waals surface area (Å²) in [5.74, 6) is 2.42. The summed E-state index contributed by atoms with van der Waals surface area (Å²) in [7, 11) is 1.69. The van der Waals surface area contributed by atoms with Crippen LogP contribution in [0.1, 0.15) is 12.0 Å². The van der Waals surface area contributed by atoms with Crippen molar-refractivity contribution in [2.24, 2.45) is 4.99 Å². The maximum Gasteiger partial charge on any atom is 0.224 e. The Balaban J connectivity index is 0.00000289. The Labute approximate surface area is 203 Å². The van der Waals surface area contributed by atoms with Gasteiger partial charge in [0.1, 0.15) is 11.6 Å². The number of ether oxygens (including phenoxy) is 3. The molecule has 9 heteroatoms. The summed E-state index contributed by atoms with van der Waals surface area (Å²) >= 11 is 0. The summed E-state index contributed by atoms with van der Waals surface area (Å²) in [4.78, 5) is 8.54. The third-order valence-electron chi connectivity index (χ3n) is 4.54. The van der Waals surface area contributed by atoms with Crippen LogP contribution < -0.4 is 24.8 Å². The van der Waals surface area contributed by atoms with Crippen LogP contribution in [0.25, 0.3) is 0 Å². The Morgan fingerprint density at radius 2 is 1.94 bits per heavy atom. The maximum absolute atomic E-state index is 13.5. The Bertz CT molecular complexity index is 1080. The van der Waals surface area contributed by atoms with Crippen LogP contribution in [0.15, 0.2) is 65.8 Å². The van der Waals surface area contributed by atoms with Gasteiger partial charge in [-0.25, -0.2) is 9.37 Å². The molecule has 3 aromatic rings. The number of hydrogen-bond donors (Lipinski definition) is 2. The molecule has 32 heavy (non-hydrogen) atoms. The van der Waals surface area contributed by atoms with Gasteiger partial charge < -0.3 is 24.8 Å². The zero-order valence-electron chi connectivity index (χ0n) is 17.5. The molecule has 0 saturated heterocycles. The lowest BCUT2D eigenvalue weighted by molar-refractivity contribution is 0.297. The van der Waals surface area contributed by atoms with Gasteiger partial charge in [-0.1, -0.05) is 12.1 Å². The van der Waals surface area contributed by atoms with Gasteiger partial charge in [-0.05, 0) is 30.3 Å². The highest BCUT2D eigenvalue weighted by Crippen LogP contribution is 2.32. The molecule has 1 aromatic heterocycles. The van der Waals surface area contributed by atoms with E-state index in [9.17, 15) is 4.39 Å². The fraction of sp³-hybridized carbons (Fsp3) is 0.217. The molecule has 2 aromatic carbocycles. The first-order valence-electron chi connectivity index (χ1n) is 9.96. The molecule has 0 saturated carbocycles. The molecule has 0 radical (unpaired) electrons. The maximum atomic E-state index is 13.5. The van der Waals surface area contributed by atoms with Crippen LogP contribution in [0.4, 0.5) is 10.1 Å². The van der Waals surface area contributed by atoms with Gasteiger partial charge in [-0.2, -0.15) is 0 Å². The Kier molecular flexibility index (Phi) is 8.48. The van der Waals surface area contributed by atoms with Crippen molar-refractivity contribution in [2.45, 2.75) is 13.0 Å². The van der Waals surface area contributed by atoms with E-state index in [1.807, 2.05) is 30.3 Å². The molecule has 4 rings (SSSR count). The van der Waals surface area contributed by atoms with E-state index in [2.05, 4.69) is 20.6 Å². The van der Waals surface area contributed by atoms with Gasteiger partial charge in [0.15, 0.2) is 17.5 Å². The second-order valence-electron chi connectivity index (χ2n) is 6.79. The largest absolute Gasteiger partial charge is 0.490 e. The van der Waals surface area contributed by atoms with Crippen molar-refractivity contribution in [3.63, 3.8) is 0 Å². The van der Waals surface area contributed by atoms with Crippen molar-refractivity contribution in [3.05, 3.63) is 72.2 Å². The SMILES string of the molecule is CN=C(NCc1cccnc1Oc1cccc(F)c1)Nc1ccc2c(c1)OCCCO2.I. The van der Waals surface area contributed by atoms with Gasteiger partial charge in [-0.3, -0.25) is 4.99 Å². The van der Waals surface area contributed by atoms with E-state index < -0.39 is 0 Å². The number of aliphatic imine (C=N–C) groups is 1. The van der Waals surface area contributed by atoms with E-state index in [1.54, 1.807) is 25.4 Å². The third kappa shape index (κ3) is 6.22. The molecular formula is C23H24FIN4O3. The predicted octanol–water partition coefficient (Wildman–Crippen LogP) is 4.98. The number of nitrogens with zero attached hydrogens (tertiary/aromatic N) is 2. The molecule has 2 N–H and O–H groups in total. The Hall–Kier alpha value is -3.08. The average Bonchev–Trinajstić information content (AvgIpc) is 3.02. The van der Waals surface area contributed by atoms with Crippen LogP contribution in [0.5, 0.6) is 23.1 Å². The van der Waals surface area contributed by atoms with Crippen molar-refractivity contribution in [1.82, 2.24) is 10.3 Å². The minimum absolute atomic E-state index is 0. The second-order valence-corrected chi connectivity index (χ2v) is 6.79. The Morgan fingerprint density at radius 3 is 2.75 bits per heavy atom. The van der Waals surface area contributed by atoms with E-state index in [0.29, 0.717) is 43.1 Å². The van der Waals surface area contributed by atoms with Gasteiger partial charge >= 0.3 is 0 Å². The van der Waals surface area contributed by atoms with Crippen LogP contribution in [-0.2, 0) is 6.54 Å². The highest BCUT2D eigenvalue weighted by molar-refractivity contribution is 14.0. The lowest BCUT2D eigenvalue weighted by atomic mass is 10.2. The highest BCUT2D eigenvalue weighted by atomic mass is 127. The van der Waals surface area contributed by atoms with Crippen molar-refractivity contribution < 1.29 is 18.6 Å². The number of aromatic nitrogens is 1. The number of hydrogen-bond acceptors (Lipinski definition) is 5. The average molecular weight is 550 g/mol. The monoisotopic (exact) mass is 550 g/mol. The van der Waals surface area contributed by atoms with Crippen LogP contribution in [0.3, 0.4) is 0 Å². The molecule has 0 aliphatic carbocycles. The molecule has 2 heterocycles. The molecule has 0 unspecified atom stereocenters. The topological polar surface area (TPSA) is 77.0 Å².